The van der Waals surface area contributed by atoms with Gasteiger partial charge in [-0.2, -0.15) is 0 Å². The number of nitrogens with one attached hydrogen (secondary N) is 1. The van der Waals surface area contributed by atoms with Crippen molar-refractivity contribution in [1.29, 1.82) is 0 Å². The van der Waals surface area contributed by atoms with E-state index in [1.54, 1.807) is 0 Å². The van der Waals surface area contributed by atoms with Gasteiger partial charge in [0.05, 0.1) is 12.2 Å². The van der Waals surface area contributed by atoms with E-state index in [0.717, 1.165) is 19.6 Å². The monoisotopic (exact) mass is 158 g/mol. The van der Waals surface area contributed by atoms with Crippen LogP contribution in [-0.2, 0) is 4.74 Å². The van der Waals surface area contributed by atoms with Crippen LogP contribution >= 0.6 is 0 Å². The van der Waals surface area contributed by atoms with Gasteiger partial charge in [0.25, 0.3) is 0 Å². The molecule has 0 spiro atoms. The second-order valence-electron chi connectivity index (χ2n) is 3.17. The summed E-state index contributed by atoms with van der Waals surface area (Å²) < 4.78 is 5.58. The maximum atomic E-state index is 5.58. The maximum Gasteiger partial charge on any atom is 0.0692 e. The Kier molecular flexibility index (Phi) is 3.30. The summed E-state index contributed by atoms with van der Waals surface area (Å²) in [4.78, 5) is 0. The van der Waals surface area contributed by atoms with Gasteiger partial charge in [0.2, 0.25) is 0 Å². The molecule has 11 heavy (non-hydrogen) atoms. The van der Waals surface area contributed by atoms with Crippen LogP contribution in [-0.4, -0.2) is 36.9 Å². The van der Waals surface area contributed by atoms with E-state index in [2.05, 4.69) is 31.2 Å². The van der Waals surface area contributed by atoms with Crippen molar-refractivity contribution in [3.63, 3.8) is 0 Å². The summed E-state index contributed by atoms with van der Waals surface area (Å²) >= 11 is 0. The van der Waals surface area contributed by atoms with Gasteiger partial charge in [0.1, 0.15) is 0 Å². The van der Waals surface area contributed by atoms with Crippen LogP contribution in [0.25, 0.3) is 0 Å². The lowest BCUT2D eigenvalue weighted by Gasteiger charge is -2.35. The SMILES string of the molecule is CCNN1CC(C)OC(C)C1. The van der Waals surface area contributed by atoms with Crippen LogP contribution in [0.1, 0.15) is 20.8 Å². The van der Waals surface area contributed by atoms with Crippen molar-refractivity contribution in [3.8, 4) is 0 Å². The van der Waals surface area contributed by atoms with Crippen molar-refractivity contribution in [3.05, 3.63) is 0 Å². The molecular formula is C8H18N2O. The van der Waals surface area contributed by atoms with Crippen molar-refractivity contribution in [2.75, 3.05) is 19.6 Å². The summed E-state index contributed by atoms with van der Waals surface area (Å²) in [5, 5.41) is 2.23. The topological polar surface area (TPSA) is 24.5 Å². The van der Waals surface area contributed by atoms with E-state index in [1.807, 2.05) is 0 Å². The molecule has 0 aromatic heterocycles. The highest BCUT2D eigenvalue weighted by atomic mass is 16.5. The Bertz CT molecular complexity index is 109. The minimum absolute atomic E-state index is 0.359. The van der Waals surface area contributed by atoms with E-state index >= 15 is 0 Å². The molecule has 1 saturated heterocycles. The van der Waals surface area contributed by atoms with Crippen LogP contribution < -0.4 is 5.43 Å². The average molecular weight is 158 g/mol. The first-order valence-electron chi connectivity index (χ1n) is 4.36. The number of nitrogens with zero attached hydrogens (tertiary/aromatic N) is 1. The second-order valence-corrected chi connectivity index (χ2v) is 3.17. The maximum absolute atomic E-state index is 5.58. The third-order valence-corrected chi connectivity index (χ3v) is 1.80. The zero-order valence-corrected chi connectivity index (χ0v) is 7.63. The summed E-state index contributed by atoms with van der Waals surface area (Å²) in [6.45, 7) is 9.33. The first-order valence-corrected chi connectivity index (χ1v) is 4.36. The Morgan fingerprint density at radius 1 is 1.36 bits per heavy atom. The van der Waals surface area contributed by atoms with E-state index in [4.69, 9.17) is 4.74 Å². The average Bonchev–Trinajstić information content (AvgIpc) is 1.85. The quantitative estimate of drug-likeness (QED) is 0.637. The van der Waals surface area contributed by atoms with Gasteiger partial charge in [-0.1, -0.05) is 6.92 Å². The predicted molar refractivity (Wildman–Crippen MR) is 45.3 cm³/mol. The van der Waals surface area contributed by atoms with Crippen molar-refractivity contribution < 1.29 is 4.74 Å². The van der Waals surface area contributed by atoms with Crippen LogP contribution in [0.4, 0.5) is 0 Å². The molecule has 0 saturated carbocycles. The van der Waals surface area contributed by atoms with Crippen LogP contribution in [0.15, 0.2) is 0 Å². The van der Waals surface area contributed by atoms with E-state index in [0.29, 0.717) is 12.2 Å². The summed E-state index contributed by atoms with van der Waals surface area (Å²) in [5.41, 5.74) is 3.30. The fraction of sp³-hybridized carbons (Fsp3) is 1.00. The smallest absolute Gasteiger partial charge is 0.0692 e. The molecule has 2 atom stereocenters. The van der Waals surface area contributed by atoms with Gasteiger partial charge in [0, 0.05) is 19.6 Å². The molecular weight excluding hydrogens is 140 g/mol. The third-order valence-electron chi connectivity index (χ3n) is 1.80. The molecule has 1 N–H and O–H groups in total. The molecule has 1 aliphatic rings. The van der Waals surface area contributed by atoms with Crippen LogP contribution in [0.2, 0.25) is 0 Å². The fourth-order valence-electron chi connectivity index (χ4n) is 1.53. The summed E-state index contributed by atoms with van der Waals surface area (Å²) in [5.74, 6) is 0. The molecule has 1 heterocycles. The molecule has 0 aromatic rings. The molecule has 1 rings (SSSR count). The standard InChI is InChI=1S/C8H18N2O/c1-4-9-10-5-7(2)11-8(3)6-10/h7-9H,4-6H2,1-3H3. The van der Waals surface area contributed by atoms with Gasteiger partial charge in [-0.25, -0.2) is 5.01 Å². The van der Waals surface area contributed by atoms with Gasteiger partial charge in [0.15, 0.2) is 0 Å². The van der Waals surface area contributed by atoms with Crippen molar-refractivity contribution >= 4 is 0 Å². The number of ether oxygens (including phenoxy) is 1. The van der Waals surface area contributed by atoms with Crippen molar-refractivity contribution in [2.24, 2.45) is 0 Å². The van der Waals surface area contributed by atoms with E-state index in [-0.39, 0.29) is 0 Å². The van der Waals surface area contributed by atoms with E-state index < -0.39 is 0 Å². The Morgan fingerprint density at radius 2 is 1.91 bits per heavy atom. The molecule has 0 bridgehead atoms. The minimum atomic E-state index is 0.359. The molecule has 66 valence electrons. The zero-order chi connectivity index (χ0) is 8.27. The van der Waals surface area contributed by atoms with Gasteiger partial charge in [-0.05, 0) is 13.8 Å². The van der Waals surface area contributed by atoms with E-state index in [1.165, 1.54) is 0 Å². The molecule has 2 unspecified atom stereocenters. The second kappa shape index (κ2) is 4.04. The molecule has 0 aromatic carbocycles. The summed E-state index contributed by atoms with van der Waals surface area (Å²) in [7, 11) is 0. The highest BCUT2D eigenvalue weighted by Crippen LogP contribution is 2.07. The van der Waals surface area contributed by atoms with Crippen molar-refractivity contribution in [1.82, 2.24) is 10.4 Å². The Morgan fingerprint density at radius 3 is 2.36 bits per heavy atom. The van der Waals surface area contributed by atoms with Gasteiger partial charge >= 0.3 is 0 Å². The lowest BCUT2D eigenvalue weighted by atomic mass is 10.2. The van der Waals surface area contributed by atoms with Crippen LogP contribution in [0.5, 0.6) is 0 Å². The predicted octanol–water partition coefficient (Wildman–Crippen LogP) is 0.620. The number of hydrogen-bond donors (Lipinski definition) is 1. The lowest BCUT2D eigenvalue weighted by molar-refractivity contribution is -0.0832. The van der Waals surface area contributed by atoms with Crippen molar-refractivity contribution in [2.45, 2.75) is 33.0 Å². The number of hydrogen-bond acceptors (Lipinski definition) is 3. The minimum Gasteiger partial charge on any atom is -0.373 e. The first kappa shape index (κ1) is 8.97. The highest BCUT2D eigenvalue weighted by molar-refractivity contribution is 4.69. The Balaban J connectivity index is 2.30. The molecule has 3 nitrogen and oxygen atoms in total. The molecule has 3 heteroatoms. The number of morpholine rings is 1. The lowest BCUT2D eigenvalue weighted by Crippen LogP contribution is -2.51. The molecule has 0 amide bonds. The van der Waals surface area contributed by atoms with E-state index in [9.17, 15) is 0 Å². The van der Waals surface area contributed by atoms with Crippen LogP contribution in [0, 0.1) is 0 Å². The summed E-state index contributed by atoms with van der Waals surface area (Å²) in [6.07, 6.45) is 0.718. The Labute approximate surface area is 68.7 Å². The van der Waals surface area contributed by atoms with Crippen LogP contribution in [0.3, 0.4) is 0 Å². The molecule has 0 aliphatic carbocycles. The molecule has 1 aliphatic heterocycles. The van der Waals surface area contributed by atoms with Gasteiger partial charge in [-0.15, -0.1) is 0 Å². The largest absolute Gasteiger partial charge is 0.373 e. The van der Waals surface area contributed by atoms with Gasteiger partial charge in [-0.3, -0.25) is 5.43 Å². The van der Waals surface area contributed by atoms with Gasteiger partial charge < -0.3 is 4.74 Å². The highest BCUT2D eigenvalue weighted by Gasteiger charge is 2.20. The Hall–Kier alpha value is -0.120. The molecule has 1 fully saturated rings. The number of hydrazine groups is 1. The summed E-state index contributed by atoms with van der Waals surface area (Å²) in [6, 6.07) is 0. The zero-order valence-electron chi connectivity index (χ0n) is 7.63. The normalized spacial score (nSPS) is 34.1. The third kappa shape index (κ3) is 2.77. The first-order chi connectivity index (χ1) is 5.22. The fourth-order valence-corrected chi connectivity index (χ4v) is 1.53. The molecule has 0 radical (unpaired) electrons. The number of rotatable bonds is 2.